The second-order valence-corrected chi connectivity index (χ2v) is 10.6. The van der Waals surface area contributed by atoms with Crippen molar-refractivity contribution < 1.29 is 9.53 Å². The van der Waals surface area contributed by atoms with E-state index in [2.05, 4.69) is 4.90 Å². The molecule has 1 atom stereocenters. The molecule has 200 valence electrons. The summed E-state index contributed by atoms with van der Waals surface area (Å²) in [6.45, 7) is 2.74. The molecule has 10 heteroatoms. The number of piperidine rings is 1. The summed E-state index contributed by atoms with van der Waals surface area (Å²) in [5.74, 6) is 0.270. The van der Waals surface area contributed by atoms with E-state index in [4.69, 9.17) is 27.1 Å². The lowest BCUT2D eigenvalue weighted by Gasteiger charge is -2.32. The summed E-state index contributed by atoms with van der Waals surface area (Å²) in [6, 6.07) is 12.9. The molecule has 9 nitrogen and oxygen atoms in total. The Hall–Kier alpha value is -3.40. The first-order chi connectivity index (χ1) is 18.2. The SMILES string of the molecule is CN(C)CCOC(=O)c1ccc2c(c1)c1nc(N3CCC[C@@H](N)C3)n(Cc3ccccc3Cl)c1c(=O)n2C. The summed E-state index contributed by atoms with van der Waals surface area (Å²) in [6.07, 6.45) is 1.89. The van der Waals surface area contributed by atoms with E-state index in [1.165, 1.54) is 0 Å². The number of nitrogens with zero attached hydrogens (tertiary/aromatic N) is 5. The predicted octanol–water partition coefficient (Wildman–Crippen LogP) is 3.24. The first-order valence-electron chi connectivity index (χ1n) is 12.8. The third-order valence-electron chi connectivity index (χ3n) is 7.10. The van der Waals surface area contributed by atoms with Gasteiger partial charge in [-0.1, -0.05) is 29.8 Å². The van der Waals surface area contributed by atoms with Crippen LogP contribution in [0.5, 0.6) is 0 Å². The van der Waals surface area contributed by atoms with Crippen molar-refractivity contribution in [1.29, 1.82) is 0 Å². The van der Waals surface area contributed by atoms with Gasteiger partial charge in [0.1, 0.15) is 17.6 Å². The number of carbonyl (C=O) groups excluding carboxylic acids is 1. The van der Waals surface area contributed by atoms with Crippen LogP contribution in [-0.2, 0) is 18.3 Å². The topological polar surface area (TPSA) is 98.6 Å². The molecule has 5 rings (SSSR count). The van der Waals surface area contributed by atoms with E-state index in [-0.39, 0.29) is 11.6 Å². The van der Waals surface area contributed by atoms with Gasteiger partial charge in [0, 0.05) is 43.1 Å². The van der Waals surface area contributed by atoms with E-state index in [0.717, 1.165) is 24.9 Å². The lowest BCUT2D eigenvalue weighted by atomic mass is 10.1. The monoisotopic (exact) mass is 536 g/mol. The molecule has 0 radical (unpaired) electrons. The summed E-state index contributed by atoms with van der Waals surface area (Å²) in [5, 5.41) is 1.33. The lowest BCUT2D eigenvalue weighted by molar-refractivity contribution is 0.0482. The van der Waals surface area contributed by atoms with Gasteiger partial charge in [-0.25, -0.2) is 9.78 Å². The van der Waals surface area contributed by atoms with Gasteiger partial charge in [0.05, 0.1) is 17.6 Å². The number of imidazole rings is 1. The number of aryl methyl sites for hydroxylation is 1. The van der Waals surface area contributed by atoms with Gasteiger partial charge in [0.2, 0.25) is 5.95 Å². The molecule has 1 aliphatic rings. The van der Waals surface area contributed by atoms with Crippen LogP contribution in [0.15, 0.2) is 47.3 Å². The number of hydrogen-bond donors (Lipinski definition) is 1. The minimum absolute atomic E-state index is 0.0282. The molecule has 0 bridgehead atoms. The molecule has 0 spiro atoms. The van der Waals surface area contributed by atoms with Crippen LogP contribution in [0.25, 0.3) is 21.9 Å². The highest BCUT2D eigenvalue weighted by Crippen LogP contribution is 2.31. The van der Waals surface area contributed by atoms with Crippen LogP contribution in [0.1, 0.15) is 28.8 Å². The highest BCUT2D eigenvalue weighted by Gasteiger charge is 2.26. The van der Waals surface area contributed by atoms with Crippen molar-refractivity contribution >= 4 is 45.5 Å². The summed E-state index contributed by atoms with van der Waals surface area (Å²) in [4.78, 5) is 35.7. The van der Waals surface area contributed by atoms with Gasteiger partial charge in [-0.3, -0.25) is 4.79 Å². The molecule has 38 heavy (non-hydrogen) atoms. The summed E-state index contributed by atoms with van der Waals surface area (Å²) < 4.78 is 9.02. The molecule has 0 saturated carbocycles. The maximum absolute atomic E-state index is 13.8. The molecule has 2 N–H and O–H groups in total. The summed E-state index contributed by atoms with van der Waals surface area (Å²) >= 11 is 6.53. The Morgan fingerprint density at radius 1 is 1.24 bits per heavy atom. The maximum atomic E-state index is 13.8. The number of fused-ring (bicyclic) bond motifs is 3. The fourth-order valence-electron chi connectivity index (χ4n) is 5.04. The molecular weight excluding hydrogens is 504 g/mol. The average molecular weight is 537 g/mol. The molecular formula is C28H33ClN6O3. The highest BCUT2D eigenvalue weighted by molar-refractivity contribution is 6.31. The quantitative estimate of drug-likeness (QED) is 0.362. The van der Waals surface area contributed by atoms with Crippen LogP contribution in [0.2, 0.25) is 5.02 Å². The van der Waals surface area contributed by atoms with Gasteiger partial charge in [-0.2, -0.15) is 0 Å². The minimum Gasteiger partial charge on any atom is -0.461 e. The Balaban J connectivity index is 1.69. The molecule has 3 heterocycles. The second-order valence-electron chi connectivity index (χ2n) is 10.2. The van der Waals surface area contributed by atoms with Gasteiger partial charge in [-0.15, -0.1) is 0 Å². The number of benzene rings is 2. The van der Waals surface area contributed by atoms with Crippen LogP contribution in [-0.4, -0.2) is 71.4 Å². The van der Waals surface area contributed by atoms with E-state index in [1.54, 1.807) is 29.8 Å². The average Bonchev–Trinajstić information content (AvgIpc) is 3.27. The fraction of sp³-hybridized carbons (Fsp3) is 0.393. The molecule has 0 amide bonds. The van der Waals surface area contributed by atoms with Crippen molar-refractivity contribution in [3.8, 4) is 0 Å². The number of likely N-dealkylation sites (N-methyl/N-ethyl adjacent to an activating group) is 1. The van der Waals surface area contributed by atoms with Gasteiger partial charge < -0.3 is 29.4 Å². The van der Waals surface area contributed by atoms with Crippen molar-refractivity contribution in [3.63, 3.8) is 0 Å². The van der Waals surface area contributed by atoms with E-state index in [1.807, 2.05) is 47.8 Å². The first kappa shape index (κ1) is 26.2. The number of ether oxygens (including phenoxy) is 1. The van der Waals surface area contributed by atoms with Crippen molar-refractivity contribution in [2.45, 2.75) is 25.4 Å². The molecule has 2 aromatic carbocycles. The van der Waals surface area contributed by atoms with Crippen molar-refractivity contribution in [1.82, 2.24) is 19.0 Å². The minimum atomic E-state index is -0.409. The second kappa shape index (κ2) is 10.8. The first-order valence-corrected chi connectivity index (χ1v) is 13.2. The number of pyridine rings is 1. The van der Waals surface area contributed by atoms with Gasteiger partial charge in [-0.05, 0) is 56.8 Å². The number of carbonyl (C=O) groups is 1. The predicted molar refractivity (Wildman–Crippen MR) is 151 cm³/mol. The zero-order valence-corrected chi connectivity index (χ0v) is 22.7. The number of halogens is 1. The van der Waals surface area contributed by atoms with Gasteiger partial charge >= 0.3 is 5.97 Å². The number of esters is 1. The van der Waals surface area contributed by atoms with Crippen LogP contribution in [0.4, 0.5) is 5.95 Å². The number of aromatic nitrogens is 3. The zero-order chi connectivity index (χ0) is 27.0. The van der Waals surface area contributed by atoms with E-state index in [0.29, 0.717) is 64.7 Å². The van der Waals surface area contributed by atoms with Crippen LogP contribution in [0.3, 0.4) is 0 Å². The molecule has 1 saturated heterocycles. The Kier molecular flexibility index (Phi) is 7.43. The van der Waals surface area contributed by atoms with Crippen molar-refractivity contribution in [3.05, 3.63) is 69.0 Å². The van der Waals surface area contributed by atoms with E-state index < -0.39 is 5.97 Å². The molecule has 0 aliphatic carbocycles. The van der Waals surface area contributed by atoms with Gasteiger partial charge in [0.25, 0.3) is 5.56 Å². The van der Waals surface area contributed by atoms with Crippen LogP contribution < -0.4 is 16.2 Å². The molecule has 4 aromatic rings. The standard InChI is InChI=1S/C28H33ClN6O3/c1-32(2)13-14-38-27(37)18-10-11-23-21(15-18)24-25(26(36)33(23)3)35(16-19-7-4-5-9-22(19)29)28(31-24)34-12-6-8-20(30)17-34/h4-5,7,9-11,15,20H,6,8,12-14,16-17,30H2,1-3H3/t20-/m1/s1. The van der Waals surface area contributed by atoms with E-state index in [9.17, 15) is 9.59 Å². The maximum Gasteiger partial charge on any atom is 0.338 e. The Labute approximate surface area is 226 Å². The molecule has 2 aromatic heterocycles. The molecule has 1 aliphatic heterocycles. The number of nitrogens with two attached hydrogens (primary N) is 1. The molecule has 1 fully saturated rings. The normalized spacial score (nSPS) is 16.1. The zero-order valence-electron chi connectivity index (χ0n) is 22.0. The van der Waals surface area contributed by atoms with Crippen molar-refractivity contribution in [2.24, 2.45) is 12.8 Å². The van der Waals surface area contributed by atoms with Crippen molar-refractivity contribution in [2.75, 3.05) is 45.2 Å². The van der Waals surface area contributed by atoms with Gasteiger partial charge in [0.15, 0.2) is 0 Å². The summed E-state index contributed by atoms with van der Waals surface area (Å²) in [7, 11) is 5.59. The third-order valence-corrected chi connectivity index (χ3v) is 7.47. The smallest absolute Gasteiger partial charge is 0.338 e. The Bertz CT molecular complexity index is 1560. The highest BCUT2D eigenvalue weighted by atomic mass is 35.5. The van der Waals surface area contributed by atoms with Crippen LogP contribution in [0, 0.1) is 0 Å². The number of rotatable bonds is 7. The summed E-state index contributed by atoms with van der Waals surface area (Å²) in [5.41, 5.74) is 9.16. The lowest BCUT2D eigenvalue weighted by Crippen LogP contribution is -2.44. The van der Waals surface area contributed by atoms with E-state index >= 15 is 0 Å². The molecule has 0 unspecified atom stereocenters. The third kappa shape index (κ3) is 5.01. The largest absolute Gasteiger partial charge is 0.461 e. The van der Waals surface area contributed by atoms with Crippen LogP contribution >= 0.6 is 11.6 Å². The fourth-order valence-corrected chi connectivity index (χ4v) is 5.24. The number of anilines is 1. The Morgan fingerprint density at radius 2 is 2.03 bits per heavy atom. The number of hydrogen-bond acceptors (Lipinski definition) is 7. The Morgan fingerprint density at radius 3 is 2.76 bits per heavy atom.